The molecule has 0 unspecified atom stereocenters. The van der Waals surface area contributed by atoms with Gasteiger partial charge in [-0.3, -0.25) is 4.79 Å². The lowest BCUT2D eigenvalue weighted by Gasteiger charge is -2.21. The number of hydrogen-bond acceptors (Lipinski definition) is 5. The molecule has 3 heterocycles. The summed E-state index contributed by atoms with van der Waals surface area (Å²) in [5, 5.41) is 15.2. The highest BCUT2D eigenvalue weighted by molar-refractivity contribution is 5.97. The van der Waals surface area contributed by atoms with Crippen LogP contribution < -0.4 is 16.3 Å². The zero-order valence-corrected chi connectivity index (χ0v) is 16.1. The number of imidazole rings is 1. The van der Waals surface area contributed by atoms with Gasteiger partial charge in [0.25, 0.3) is 5.91 Å². The van der Waals surface area contributed by atoms with Gasteiger partial charge < -0.3 is 25.2 Å². The molecule has 9 nitrogen and oxygen atoms in total. The van der Waals surface area contributed by atoms with Gasteiger partial charge in [0, 0.05) is 31.6 Å². The minimum Gasteiger partial charge on any atom is -0.342 e. The smallest absolute Gasteiger partial charge is 0.323 e. The second-order valence-electron chi connectivity index (χ2n) is 7.62. The molecule has 3 aromatic rings. The lowest BCUT2D eigenvalue weighted by molar-refractivity contribution is 0.0929. The first-order valence-corrected chi connectivity index (χ1v) is 9.67. The van der Waals surface area contributed by atoms with Gasteiger partial charge in [-0.15, -0.1) is 10.2 Å². The molecule has 148 valence electrons. The molecule has 4 N–H and O–H groups in total. The Morgan fingerprint density at radius 3 is 2.86 bits per heavy atom. The Kier molecular flexibility index (Phi) is 4.99. The number of fused-ring (bicyclic) bond motifs is 2. The maximum Gasteiger partial charge on any atom is 0.323 e. The highest BCUT2D eigenvalue weighted by Gasteiger charge is 2.25. The third kappa shape index (κ3) is 3.70. The van der Waals surface area contributed by atoms with Gasteiger partial charge in [0.1, 0.15) is 5.82 Å². The Morgan fingerprint density at radius 2 is 2.04 bits per heavy atom. The molecule has 28 heavy (non-hydrogen) atoms. The molecule has 1 aromatic carbocycles. The Hall–Kier alpha value is -2.94. The minimum absolute atomic E-state index is 0.196. The van der Waals surface area contributed by atoms with Crippen LogP contribution in [-0.2, 0) is 13.0 Å². The largest absolute Gasteiger partial charge is 0.342 e. The quantitative estimate of drug-likeness (QED) is 0.526. The summed E-state index contributed by atoms with van der Waals surface area (Å²) < 4.78 is 2.13. The van der Waals surface area contributed by atoms with Crippen LogP contribution in [0.4, 0.5) is 0 Å². The van der Waals surface area contributed by atoms with Gasteiger partial charge in [-0.1, -0.05) is 13.8 Å². The van der Waals surface area contributed by atoms with Gasteiger partial charge in [0.05, 0.1) is 17.1 Å². The topological polar surface area (TPSA) is 120 Å². The molecular formula is C19H25N7O2. The maximum atomic E-state index is 12.9. The van der Waals surface area contributed by atoms with Gasteiger partial charge in [-0.2, -0.15) is 0 Å². The van der Waals surface area contributed by atoms with E-state index < -0.39 is 0 Å². The molecule has 0 radical (unpaired) electrons. The van der Waals surface area contributed by atoms with E-state index >= 15 is 0 Å². The molecule has 0 saturated heterocycles. The average molecular weight is 383 g/mol. The number of benzene rings is 1. The minimum atomic E-state index is -0.287. The van der Waals surface area contributed by atoms with E-state index in [0.717, 1.165) is 44.1 Å². The molecule has 2 aromatic heterocycles. The van der Waals surface area contributed by atoms with Gasteiger partial charge in [0.15, 0.2) is 5.82 Å². The molecule has 0 bridgehead atoms. The SMILES string of the molecule is CC(C)C[C@H](NC(=O)c1ccc2[nH]c(=O)[nH]c2c1)c1nnc2n1CCNCC2. The van der Waals surface area contributed by atoms with Crippen LogP contribution >= 0.6 is 0 Å². The number of nitrogens with one attached hydrogen (secondary N) is 4. The van der Waals surface area contributed by atoms with Crippen LogP contribution in [0.2, 0.25) is 0 Å². The summed E-state index contributed by atoms with van der Waals surface area (Å²) >= 11 is 0. The molecule has 1 atom stereocenters. The van der Waals surface area contributed by atoms with Crippen molar-refractivity contribution < 1.29 is 4.79 Å². The average Bonchev–Trinajstić information content (AvgIpc) is 3.14. The van der Waals surface area contributed by atoms with E-state index in [0.29, 0.717) is 22.5 Å². The van der Waals surface area contributed by atoms with Crippen LogP contribution in [0.5, 0.6) is 0 Å². The molecule has 0 spiro atoms. The number of carbonyl (C=O) groups is 1. The predicted octanol–water partition coefficient (Wildman–Crippen LogP) is 1.11. The third-order valence-corrected chi connectivity index (χ3v) is 5.00. The van der Waals surface area contributed by atoms with Crippen molar-refractivity contribution in [1.29, 1.82) is 0 Å². The van der Waals surface area contributed by atoms with E-state index in [1.165, 1.54) is 0 Å². The van der Waals surface area contributed by atoms with Crippen LogP contribution in [0.15, 0.2) is 23.0 Å². The van der Waals surface area contributed by atoms with Crippen molar-refractivity contribution >= 4 is 16.9 Å². The Bertz CT molecular complexity index is 1050. The Labute approximate surface area is 161 Å². The number of carbonyl (C=O) groups excluding carboxylic acids is 1. The standard InChI is InChI=1S/C19H25N7O2/c1-11(2)9-15(17-25-24-16-5-6-20-7-8-26(16)17)21-18(27)12-3-4-13-14(10-12)23-19(28)22-13/h3-4,10-11,15,20H,5-9H2,1-2H3,(H,21,27)(H2,22,23,28)/t15-/m0/s1. The first-order chi connectivity index (χ1) is 13.5. The summed E-state index contributed by atoms with van der Waals surface area (Å²) in [5.74, 6) is 1.94. The number of hydrogen-bond donors (Lipinski definition) is 4. The number of nitrogens with zero attached hydrogens (tertiary/aromatic N) is 3. The monoisotopic (exact) mass is 383 g/mol. The fourth-order valence-electron chi connectivity index (χ4n) is 3.67. The van der Waals surface area contributed by atoms with E-state index in [1.54, 1.807) is 18.2 Å². The van der Waals surface area contributed by atoms with Crippen molar-refractivity contribution in [1.82, 2.24) is 35.4 Å². The molecule has 0 fully saturated rings. The number of aromatic nitrogens is 5. The van der Waals surface area contributed by atoms with Crippen LogP contribution in [0, 0.1) is 5.92 Å². The van der Waals surface area contributed by atoms with E-state index in [-0.39, 0.29) is 17.6 Å². The van der Waals surface area contributed by atoms with Crippen LogP contribution in [0.1, 0.15) is 48.3 Å². The van der Waals surface area contributed by atoms with Crippen LogP contribution in [0.3, 0.4) is 0 Å². The van der Waals surface area contributed by atoms with Gasteiger partial charge >= 0.3 is 5.69 Å². The molecule has 9 heteroatoms. The molecule has 0 saturated carbocycles. The lowest BCUT2D eigenvalue weighted by Crippen LogP contribution is -2.32. The summed E-state index contributed by atoms with van der Waals surface area (Å²) in [6, 6.07) is 4.90. The molecular weight excluding hydrogens is 358 g/mol. The van der Waals surface area contributed by atoms with Crippen molar-refractivity contribution in [2.45, 2.75) is 39.3 Å². The zero-order valence-electron chi connectivity index (χ0n) is 16.1. The highest BCUT2D eigenvalue weighted by atomic mass is 16.2. The van der Waals surface area contributed by atoms with Crippen molar-refractivity contribution in [3.8, 4) is 0 Å². The summed E-state index contributed by atoms with van der Waals surface area (Å²) in [6.07, 6.45) is 1.59. The van der Waals surface area contributed by atoms with Gasteiger partial charge in [-0.25, -0.2) is 4.79 Å². The highest BCUT2D eigenvalue weighted by Crippen LogP contribution is 2.22. The van der Waals surface area contributed by atoms with Crippen molar-refractivity contribution in [3.05, 3.63) is 45.9 Å². The van der Waals surface area contributed by atoms with E-state index in [1.807, 2.05) is 0 Å². The van der Waals surface area contributed by atoms with Crippen molar-refractivity contribution in [2.75, 3.05) is 13.1 Å². The molecule has 1 amide bonds. The van der Waals surface area contributed by atoms with E-state index in [9.17, 15) is 9.59 Å². The first-order valence-electron chi connectivity index (χ1n) is 9.67. The molecule has 1 aliphatic heterocycles. The number of rotatable bonds is 5. The Balaban J connectivity index is 1.61. The molecule has 0 aliphatic carbocycles. The van der Waals surface area contributed by atoms with Gasteiger partial charge in [-0.05, 0) is 30.5 Å². The van der Waals surface area contributed by atoms with Crippen LogP contribution in [0.25, 0.3) is 11.0 Å². The number of aromatic amines is 2. The predicted molar refractivity (Wildman–Crippen MR) is 105 cm³/mol. The molecule has 1 aliphatic rings. The van der Waals surface area contributed by atoms with Gasteiger partial charge in [0.2, 0.25) is 0 Å². The Morgan fingerprint density at radius 1 is 1.21 bits per heavy atom. The fraction of sp³-hybridized carbons (Fsp3) is 0.474. The molecule has 4 rings (SSSR count). The van der Waals surface area contributed by atoms with Crippen molar-refractivity contribution in [3.63, 3.8) is 0 Å². The second kappa shape index (κ2) is 7.59. The summed E-state index contributed by atoms with van der Waals surface area (Å²) in [5.41, 5.74) is 1.50. The lowest BCUT2D eigenvalue weighted by atomic mass is 10.0. The second-order valence-corrected chi connectivity index (χ2v) is 7.62. The number of amides is 1. The maximum absolute atomic E-state index is 12.9. The van der Waals surface area contributed by atoms with E-state index in [4.69, 9.17) is 0 Å². The first kappa shape index (κ1) is 18.4. The summed E-state index contributed by atoms with van der Waals surface area (Å²) in [7, 11) is 0. The number of H-pyrrole nitrogens is 2. The third-order valence-electron chi connectivity index (χ3n) is 5.00. The van der Waals surface area contributed by atoms with E-state index in [2.05, 4.69) is 49.2 Å². The fourth-order valence-corrected chi connectivity index (χ4v) is 3.67. The van der Waals surface area contributed by atoms with Crippen molar-refractivity contribution in [2.24, 2.45) is 5.92 Å². The zero-order chi connectivity index (χ0) is 19.7. The van der Waals surface area contributed by atoms with Crippen LogP contribution in [-0.4, -0.2) is 43.7 Å². The normalized spacial score (nSPS) is 15.4. The summed E-state index contributed by atoms with van der Waals surface area (Å²) in [6.45, 7) is 6.78. The summed E-state index contributed by atoms with van der Waals surface area (Å²) in [4.78, 5) is 29.8.